The first-order chi connectivity index (χ1) is 11.8. The maximum atomic E-state index is 4.95. The Morgan fingerprint density at radius 2 is 1.67 bits per heavy atom. The molecule has 1 N–H and O–H groups in total. The summed E-state index contributed by atoms with van der Waals surface area (Å²) in [6.07, 6.45) is 0. The fraction of sp³-hybridized carbons (Fsp3) is 0.286. The van der Waals surface area contributed by atoms with Crippen molar-refractivity contribution in [2.75, 3.05) is 37.6 Å². The highest BCUT2D eigenvalue weighted by Crippen LogP contribution is 2.31. The molecule has 3 nitrogen and oxygen atoms in total. The number of nitrogens with zero attached hydrogens (tertiary/aromatic N) is 2. The number of piperazine rings is 1. The average molecular weight is 318 g/mol. The maximum absolute atomic E-state index is 4.95. The van der Waals surface area contributed by atoms with Crippen molar-refractivity contribution >= 4 is 16.7 Å². The lowest BCUT2D eigenvalue weighted by Gasteiger charge is -2.32. The van der Waals surface area contributed by atoms with Crippen molar-refractivity contribution in [3.8, 4) is 11.1 Å². The van der Waals surface area contributed by atoms with Crippen LogP contribution in [0.15, 0.2) is 60.7 Å². The Morgan fingerprint density at radius 1 is 0.958 bits per heavy atom. The molecule has 0 unspecified atom stereocenters. The van der Waals surface area contributed by atoms with E-state index >= 15 is 0 Å². The van der Waals surface area contributed by atoms with Crippen LogP contribution in [0, 0.1) is 0 Å². The van der Waals surface area contributed by atoms with Crippen LogP contribution in [0.5, 0.6) is 0 Å². The number of hydrogen-bond donors (Lipinski definition) is 1. The first-order valence-electron chi connectivity index (χ1n) is 8.89. The molecule has 3 heteroatoms. The molecule has 1 aliphatic rings. The van der Waals surface area contributed by atoms with E-state index in [1.54, 1.807) is 4.90 Å². The molecule has 0 aliphatic carbocycles. The second kappa shape index (κ2) is 6.62. The van der Waals surface area contributed by atoms with Crippen molar-refractivity contribution in [3.63, 3.8) is 0 Å². The molecule has 1 aliphatic heterocycles. The van der Waals surface area contributed by atoms with Gasteiger partial charge in [0.1, 0.15) is 5.82 Å². The van der Waals surface area contributed by atoms with E-state index in [1.165, 1.54) is 36.1 Å². The van der Waals surface area contributed by atoms with Crippen molar-refractivity contribution in [3.05, 3.63) is 60.7 Å². The first-order valence-corrected chi connectivity index (χ1v) is 8.89. The smallest absolute Gasteiger partial charge is 0.130 e. The zero-order valence-electron chi connectivity index (χ0n) is 14.2. The van der Waals surface area contributed by atoms with Crippen LogP contribution in [0.1, 0.15) is 6.92 Å². The van der Waals surface area contributed by atoms with Crippen LogP contribution < -0.4 is 9.80 Å². The van der Waals surface area contributed by atoms with E-state index < -0.39 is 0 Å². The molecular weight excluding hydrogens is 294 g/mol. The van der Waals surface area contributed by atoms with Crippen molar-refractivity contribution in [2.45, 2.75) is 6.92 Å². The van der Waals surface area contributed by atoms with Gasteiger partial charge >= 0.3 is 0 Å². The molecule has 0 bridgehead atoms. The summed E-state index contributed by atoms with van der Waals surface area (Å²) in [5.41, 5.74) is 3.62. The van der Waals surface area contributed by atoms with Gasteiger partial charge in [-0.1, -0.05) is 48.5 Å². The minimum atomic E-state index is 1.08. The molecule has 1 saturated heterocycles. The normalized spacial score (nSPS) is 15.8. The SMILES string of the molecule is CC[NH+]1CCN(c2cc(-c3ccccc3)c3ccccc3n2)CC1. The van der Waals surface area contributed by atoms with Gasteiger partial charge in [0, 0.05) is 5.39 Å². The van der Waals surface area contributed by atoms with E-state index in [9.17, 15) is 0 Å². The number of pyridine rings is 1. The molecule has 1 aromatic heterocycles. The third-order valence-corrected chi connectivity index (χ3v) is 5.08. The van der Waals surface area contributed by atoms with Crippen LogP contribution in [-0.4, -0.2) is 37.7 Å². The number of hydrogen-bond acceptors (Lipinski definition) is 2. The van der Waals surface area contributed by atoms with E-state index in [0.717, 1.165) is 24.4 Å². The van der Waals surface area contributed by atoms with E-state index in [1.807, 2.05) is 0 Å². The lowest BCUT2D eigenvalue weighted by molar-refractivity contribution is -0.898. The van der Waals surface area contributed by atoms with E-state index in [4.69, 9.17) is 4.98 Å². The number of likely N-dealkylation sites (N-methyl/N-ethyl adjacent to an activating group) is 1. The molecule has 1 fully saturated rings. The Hall–Kier alpha value is -2.39. The summed E-state index contributed by atoms with van der Waals surface area (Å²) in [4.78, 5) is 9.09. The van der Waals surface area contributed by atoms with Crippen molar-refractivity contribution < 1.29 is 4.90 Å². The maximum Gasteiger partial charge on any atom is 0.130 e. The molecule has 122 valence electrons. The Morgan fingerprint density at radius 3 is 2.42 bits per heavy atom. The van der Waals surface area contributed by atoms with Gasteiger partial charge in [-0.15, -0.1) is 0 Å². The van der Waals surface area contributed by atoms with Gasteiger partial charge in [0.15, 0.2) is 0 Å². The van der Waals surface area contributed by atoms with Crippen LogP contribution in [0.4, 0.5) is 5.82 Å². The second-order valence-corrected chi connectivity index (χ2v) is 6.50. The summed E-state index contributed by atoms with van der Waals surface area (Å²) in [5.74, 6) is 1.11. The van der Waals surface area contributed by atoms with E-state index in [2.05, 4.69) is 72.5 Å². The molecule has 3 aromatic rings. The van der Waals surface area contributed by atoms with Crippen LogP contribution in [0.2, 0.25) is 0 Å². The minimum Gasteiger partial charge on any atom is -0.345 e. The van der Waals surface area contributed by atoms with Crippen molar-refractivity contribution in [1.29, 1.82) is 0 Å². The number of rotatable bonds is 3. The fourth-order valence-corrected chi connectivity index (χ4v) is 3.59. The number of para-hydroxylation sites is 1. The van der Waals surface area contributed by atoms with Crippen LogP contribution in [-0.2, 0) is 0 Å². The lowest BCUT2D eigenvalue weighted by Crippen LogP contribution is -3.14. The summed E-state index contributed by atoms with van der Waals surface area (Å²) in [5, 5.41) is 1.23. The largest absolute Gasteiger partial charge is 0.345 e. The molecule has 0 amide bonds. The number of benzene rings is 2. The van der Waals surface area contributed by atoms with Crippen molar-refractivity contribution in [2.24, 2.45) is 0 Å². The Bertz CT molecular complexity index is 821. The zero-order valence-corrected chi connectivity index (χ0v) is 14.2. The van der Waals surface area contributed by atoms with E-state index in [-0.39, 0.29) is 0 Å². The van der Waals surface area contributed by atoms with Gasteiger partial charge in [-0.3, -0.25) is 0 Å². The Balaban J connectivity index is 1.78. The summed E-state index contributed by atoms with van der Waals surface area (Å²) in [6.45, 7) is 8.06. The van der Waals surface area contributed by atoms with Crippen molar-refractivity contribution in [1.82, 2.24) is 4.98 Å². The summed E-state index contributed by atoms with van der Waals surface area (Å²) in [6, 6.07) is 21.4. The fourth-order valence-electron chi connectivity index (χ4n) is 3.59. The summed E-state index contributed by atoms with van der Waals surface area (Å²) in [7, 11) is 0. The second-order valence-electron chi connectivity index (χ2n) is 6.50. The molecule has 0 atom stereocenters. The molecule has 0 radical (unpaired) electrons. The van der Waals surface area contributed by atoms with Gasteiger partial charge in [0.2, 0.25) is 0 Å². The predicted octanol–water partition coefficient (Wildman–Crippen LogP) is 2.63. The van der Waals surface area contributed by atoms with Crippen LogP contribution in [0.25, 0.3) is 22.0 Å². The van der Waals surface area contributed by atoms with E-state index in [0.29, 0.717) is 0 Å². The molecule has 4 rings (SSSR count). The summed E-state index contributed by atoms with van der Waals surface area (Å²) < 4.78 is 0. The number of nitrogens with one attached hydrogen (secondary N) is 1. The monoisotopic (exact) mass is 318 g/mol. The molecule has 0 spiro atoms. The first kappa shape index (κ1) is 15.2. The predicted molar refractivity (Wildman–Crippen MR) is 101 cm³/mol. The molecule has 0 saturated carbocycles. The topological polar surface area (TPSA) is 20.6 Å². The number of quaternary nitrogens is 1. The van der Waals surface area contributed by atoms with Gasteiger partial charge in [-0.05, 0) is 30.2 Å². The van der Waals surface area contributed by atoms with Gasteiger partial charge in [0.05, 0.1) is 38.2 Å². The highest BCUT2D eigenvalue weighted by Gasteiger charge is 2.20. The highest BCUT2D eigenvalue weighted by molar-refractivity contribution is 5.96. The van der Waals surface area contributed by atoms with Gasteiger partial charge in [0.25, 0.3) is 0 Å². The van der Waals surface area contributed by atoms with Gasteiger partial charge in [-0.2, -0.15) is 0 Å². The van der Waals surface area contributed by atoms with Crippen LogP contribution in [0.3, 0.4) is 0 Å². The highest BCUT2D eigenvalue weighted by atomic mass is 15.3. The molecule has 2 aromatic carbocycles. The lowest BCUT2D eigenvalue weighted by atomic mass is 10.0. The molecule has 2 heterocycles. The average Bonchev–Trinajstić information content (AvgIpc) is 2.68. The molecule has 24 heavy (non-hydrogen) atoms. The number of aromatic nitrogens is 1. The third kappa shape index (κ3) is 2.87. The van der Waals surface area contributed by atoms with Crippen LogP contribution >= 0.6 is 0 Å². The van der Waals surface area contributed by atoms with Gasteiger partial charge in [-0.25, -0.2) is 4.98 Å². The Kier molecular flexibility index (Phi) is 4.18. The summed E-state index contributed by atoms with van der Waals surface area (Å²) >= 11 is 0. The zero-order chi connectivity index (χ0) is 16.4. The standard InChI is InChI=1S/C21H23N3/c1-2-23-12-14-24(15-13-23)21-16-19(17-8-4-3-5-9-17)18-10-6-7-11-20(18)22-21/h3-11,16H,2,12-15H2,1H3/p+1. The minimum absolute atomic E-state index is 1.08. The Labute approximate surface area is 143 Å². The van der Waals surface area contributed by atoms with Gasteiger partial charge < -0.3 is 9.80 Å². The quantitative estimate of drug-likeness (QED) is 0.801. The number of anilines is 1. The number of fused-ring (bicyclic) bond motifs is 1. The third-order valence-electron chi connectivity index (χ3n) is 5.08. The molecular formula is C21H24N3+.